The Morgan fingerprint density at radius 3 is 2.28 bits per heavy atom. The Kier molecular flexibility index (Phi) is 3.53. The van der Waals surface area contributed by atoms with Gasteiger partial charge in [-0.1, -0.05) is 0 Å². The van der Waals surface area contributed by atoms with Crippen molar-refractivity contribution in [2.24, 2.45) is 5.73 Å². The normalized spacial score (nSPS) is 10.4. The number of halogens is 3. The predicted octanol–water partition coefficient (Wildman–Crippen LogP) is 3.35. The molecule has 5 heteroatoms. The summed E-state index contributed by atoms with van der Waals surface area (Å²) < 4.78 is 44.5. The van der Waals surface area contributed by atoms with E-state index in [-0.39, 0.29) is 18.0 Å². The smallest absolute Gasteiger partial charge is 0.165 e. The van der Waals surface area contributed by atoms with Gasteiger partial charge in [0.05, 0.1) is 0 Å². The highest BCUT2D eigenvalue weighted by molar-refractivity contribution is 5.38. The van der Waals surface area contributed by atoms with Gasteiger partial charge >= 0.3 is 0 Å². The molecule has 0 saturated carbocycles. The van der Waals surface area contributed by atoms with E-state index in [2.05, 4.69) is 0 Å². The lowest BCUT2D eigenvalue weighted by molar-refractivity contribution is 0.431. The third-order valence-corrected chi connectivity index (χ3v) is 2.36. The van der Waals surface area contributed by atoms with Crippen LogP contribution in [0.3, 0.4) is 0 Å². The number of ether oxygens (including phenoxy) is 1. The van der Waals surface area contributed by atoms with E-state index in [0.717, 1.165) is 24.3 Å². The van der Waals surface area contributed by atoms with Crippen molar-refractivity contribution in [2.75, 3.05) is 0 Å². The van der Waals surface area contributed by atoms with Gasteiger partial charge in [0.2, 0.25) is 0 Å². The minimum absolute atomic E-state index is 0.0318. The van der Waals surface area contributed by atoms with Crippen LogP contribution in [0.5, 0.6) is 11.5 Å². The van der Waals surface area contributed by atoms with E-state index in [4.69, 9.17) is 10.5 Å². The molecule has 94 valence electrons. The number of hydrogen-bond acceptors (Lipinski definition) is 2. The molecule has 0 spiro atoms. The topological polar surface area (TPSA) is 35.2 Å². The van der Waals surface area contributed by atoms with Crippen molar-refractivity contribution >= 4 is 0 Å². The highest BCUT2D eigenvalue weighted by atomic mass is 19.1. The Morgan fingerprint density at radius 1 is 0.889 bits per heavy atom. The van der Waals surface area contributed by atoms with Gasteiger partial charge in [-0.25, -0.2) is 13.2 Å². The first-order valence-corrected chi connectivity index (χ1v) is 5.21. The van der Waals surface area contributed by atoms with Gasteiger partial charge in [0.15, 0.2) is 11.6 Å². The second kappa shape index (κ2) is 5.10. The second-order valence-corrected chi connectivity index (χ2v) is 3.63. The summed E-state index contributed by atoms with van der Waals surface area (Å²) in [5, 5.41) is 0. The number of nitrogens with two attached hydrogens (primary N) is 1. The zero-order valence-electron chi connectivity index (χ0n) is 9.29. The average molecular weight is 253 g/mol. The molecule has 0 saturated heterocycles. The van der Waals surface area contributed by atoms with Crippen molar-refractivity contribution in [1.29, 1.82) is 0 Å². The lowest BCUT2D eigenvalue weighted by Gasteiger charge is -2.10. The summed E-state index contributed by atoms with van der Waals surface area (Å²) in [6.45, 7) is 0.0318. The number of rotatable bonds is 3. The highest BCUT2D eigenvalue weighted by Gasteiger charge is 2.10. The molecule has 2 nitrogen and oxygen atoms in total. The van der Waals surface area contributed by atoms with Gasteiger partial charge < -0.3 is 10.5 Å². The zero-order valence-corrected chi connectivity index (χ0v) is 9.29. The van der Waals surface area contributed by atoms with Gasteiger partial charge in [-0.2, -0.15) is 0 Å². The maximum atomic E-state index is 13.4. The molecule has 0 atom stereocenters. The molecular formula is C13H10F3NO. The Balaban J connectivity index is 2.36. The standard InChI is InChI=1S/C13H10F3NO/c14-9-2-4-12(8(5-9)7-17)18-13-6-10(15)1-3-11(13)16/h1-6H,7,17H2. The predicted molar refractivity (Wildman–Crippen MR) is 60.7 cm³/mol. The van der Waals surface area contributed by atoms with Crippen LogP contribution in [0.1, 0.15) is 5.56 Å². The summed E-state index contributed by atoms with van der Waals surface area (Å²) in [5.41, 5.74) is 5.80. The van der Waals surface area contributed by atoms with E-state index in [0.29, 0.717) is 5.56 Å². The lowest BCUT2D eigenvalue weighted by Crippen LogP contribution is -2.01. The summed E-state index contributed by atoms with van der Waals surface area (Å²) in [5.74, 6) is -1.87. The van der Waals surface area contributed by atoms with Gasteiger partial charge in [0.1, 0.15) is 17.4 Å². The molecule has 0 heterocycles. The van der Waals surface area contributed by atoms with Crippen molar-refractivity contribution in [3.63, 3.8) is 0 Å². The van der Waals surface area contributed by atoms with Crippen LogP contribution in [0.2, 0.25) is 0 Å². The second-order valence-electron chi connectivity index (χ2n) is 3.63. The van der Waals surface area contributed by atoms with Gasteiger partial charge in [-0.15, -0.1) is 0 Å². The van der Waals surface area contributed by atoms with Crippen molar-refractivity contribution in [3.05, 3.63) is 59.4 Å². The summed E-state index contributed by atoms with van der Waals surface area (Å²) >= 11 is 0. The highest BCUT2D eigenvalue weighted by Crippen LogP contribution is 2.28. The molecule has 0 amide bonds. The molecule has 0 aliphatic heterocycles. The first-order chi connectivity index (χ1) is 8.60. The number of benzene rings is 2. The zero-order chi connectivity index (χ0) is 13.1. The van der Waals surface area contributed by atoms with E-state index in [1.54, 1.807) is 0 Å². The van der Waals surface area contributed by atoms with Crippen LogP contribution in [0.4, 0.5) is 13.2 Å². The molecule has 0 aliphatic carbocycles. The molecule has 2 aromatic carbocycles. The first-order valence-electron chi connectivity index (χ1n) is 5.21. The molecule has 0 radical (unpaired) electrons. The van der Waals surface area contributed by atoms with Crippen LogP contribution in [-0.2, 0) is 6.54 Å². The third-order valence-electron chi connectivity index (χ3n) is 2.36. The molecule has 2 N–H and O–H groups in total. The van der Waals surface area contributed by atoms with Crippen LogP contribution in [0.15, 0.2) is 36.4 Å². The van der Waals surface area contributed by atoms with Gasteiger partial charge in [-0.05, 0) is 30.3 Å². The number of hydrogen-bond donors (Lipinski definition) is 1. The van der Waals surface area contributed by atoms with Gasteiger partial charge in [-0.3, -0.25) is 0 Å². The molecule has 2 rings (SSSR count). The van der Waals surface area contributed by atoms with E-state index >= 15 is 0 Å². The maximum Gasteiger partial charge on any atom is 0.165 e. The monoisotopic (exact) mass is 253 g/mol. The van der Waals surface area contributed by atoms with Crippen LogP contribution in [0, 0.1) is 17.5 Å². The Hall–Kier alpha value is -2.01. The third kappa shape index (κ3) is 2.62. The fourth-order valence-corrected chi connectivity index (χ4v) is 1.48. The Labute approximate surface area is 102 Å². The minimum atomic E-state index is -0.705. The molecule has 18 heavy (non-hydrogen) atoms. The summed E-state index contributed by atoms with van der Waals surface area (Å²) in [6.07, 6.45) is 0. The van der Waals surface area contributed by atoms with Gasteiger partial charge in [0.25, 0.3) is 0 Å². The quantitative estimate of drug-likeness (QED) is 0.910. The van der Waals surface area contributed by atoms with E-state index in [1.165, 1.54) is 12.1 Å². The van der Waals surface area contributed by atoms with Crippen molar-refractivity contribution in [3.8, 4) is 11.5 Å². The van der Waals surface area contributed by atoms with Crippen molar-refractivity contribution < 1.29 is 17.9 Å². The Morgan fingerprint density at radius 2 is 1.56 bits per heavy atom. The maximum absolute atomic E-state index is 13.4. The van der Waals surface area contributed by atoms with Crippen LogP contribution in [-0.4, -0.2) is 0 Å². The minimum Gasteiger partial charge on any atom is -0.454 e. The average Bonchev–Trinajstić information content (AvgIpc) is 2.36. The summed E-state index contributed by atoms with van der Waals surface area (Å²) in [4.78, 5) is 0. The molecule has 0 fully saturated rings. The molecule has 0 aliphatic rings. The molecule has 2 aromatic rings. The Bertz CT molecular complexity index is 572. The van der Waals surface area contributed by atoms with E-state index in [9.17, 15) is 13.2 Å². The largest absolute Gasteiger partial charge is 0.454 e. The fraction of sp³-hybridized carbons (Fsp3) is 0.0769. The van der Waals surface area contributed by atoms with Crippen molar-refractivity contribution in [1.82, 2.24) is 0 Å². The molecule has 0 bridgehead atoms. The van der Waals surface area contributed by atoms with Crippen LogP contribution in [0.25, 0.3) is 0 Å². The van der Waals surface area contributed by atoms with E-state index < -0.39 is 17.5 Å². The van der Waals surface area contributed by atoms with E-state index in [1.807, 2.05) is 0 Å². The summed E-state index contributed by atoms with van der Waals surface area (Å²) in [6, 6.07) is 6.52. The van der Waals surface area contributed by atoms with Crippen LogP contribution >= 0.6 is 0 Å². The molecular weight excluding hydrogens is 243 g/mol. The van der Waals surface area contributed by atoms with Crippen molar-refractivity contribution in [2.45, 2.75) is 6.54 Å². The molecule has 0 unspecified atom stereocenters. The van der Waals surface area contributed by atoms with Gasteiger partial charge in [0, 0.05) is 18.2 Å². The fourth-order valence-electron chi connectivity index (χ4n) is 1.48. The first kappa shape index (κ1) is 12.4. The van der Waals surface area contributed by atoms with Crippen LogP contribution < -0.4 is 10.5 Å². The summed E-state index contributed by atoms with van der Waals surface area (Å²) in [7, 11) is 0. The SMILES string of the molecule is NCc1cc(F)ccc1Oc1cc(F)ccc1F. The lowest BCUT2D eigenvalue weighted by atomic mass is 10.2. The molecule has 0 aromatic heterocycles.